The molecule has 1 heterocycles. The Labute approximate surface area is 83.3 Å². The molecule has 0 saturated carbocycles. The molecule has 0 aliphatic carbocycles. The van der Waals surface area contributed by atoms with Gasteiger partial charge in [0, 0.05) is 19.0 Å². The summed E-state index contributed by atoms with van der Waals surface area (Å²) in [5.41, 5.74) is 0. The zero-order valence-electron chi connectivity index (χ0n) is 8.24. The van der Waals surface area contributed by atoms with E-state index in [0.29, 0.717) is 5.92 Å². The van der Waals surface area contributed by atoms with Crippen molar-refractivity contribution in [3.05, 3.63) is 0 Å². The van der Waals surface area contributed by atoms with Crippen molar-refractivity contribution < 1.29 is 4.79 Å². The summed E-state index contributed by atoms with van der Waals surface area (Å²) in [6.45, 7) is 2.33. The van der Waals surface area contributed by atoms with E-state index in [2.05, 4.69) is 14.1 Å². The van der Waals surface area contributed by atoms with Crippen molar-refractivity contribution >= 4 is 15.7 Å². The van der Waals surface area contributed by atoms with E-state index >= 15 is 0 Å². The fraction of sp³-hybridized carbons (Fsp3) is 0.900. The van der Waals surface area contributed by atoms with Crippen LogP contribution in [0.4, 0.5) is 0 Å². The maximum Gasteiger partial charge on any atom is 0.123 e. The highest BCUT2D eigenvalue weighted by atomic mass is 31.0. The maximum absolute atomic E-state index is 10.7. The maximum atomic E-state index is 10.7. The molecule has 0 aromatic carbocycles. The third-order valence-electron chi connectivity index (χ3n) is 2.73. The van der Waals surface area contributed by atoms with Gasteiger partial charge in [-0.05, 0) is 25.7 Å². The molecule has 0 bridgehead atoms. The van der Waals surface area contributed by atoms with Crippen LogP contribution in [-0.2, 0) is 4.79 Å². The molecule has 0 aromatic heterocycles. The van der Waals surface area contributed by atoms with E-state index in [1.54, 1.807) is 0 Å². The number of aldehydes is 1. The van der Waals surface area contributed by atoms with E-state index in [1.165, 1.54) is 25.7 Å². The Bertz CT molecular complexity index is 140. The van der Waals surface area contributed by atoms with Gasteiger partial charge in [0.15, 0.2) is 0 Å². The van der Waals surface area contributed by atoms with Gasteiger partial charge >= 0.3 is 0 Å². The molecule has 1 fully saturated rings. The number of hydrogen-bond acceptors (Lipinski definition) is 2. The third kappa shape index (κ3) is 4.73. The van der Waals surface area contributed by atoms with Crippen LogP contribution in [0.15, 0.2) is 0 Å². The van der Waals surface area contributed by atoms with Gasteiger partial charge in [0.05, 0.1) is 0 Å². The molecule has 0 amide bonds. The Hall–Kier alpha value is 0.0600. The van der Waals surface area contributed by atoms with E-state index in [-0.39, 0.29) is 0 Å². The van der Waals surface area contributed by atoms with E-state index in [4.69, 9.17) is 0 Å². The second kappa shape index (κ2) is 6.50. The van der Waals surface area contributed by atoms with Gasteiger partial charge in [-0.3, -0.25) is 4.67 Å². The van der Waals surface area contributed by atoms with Crippen molar-refractivity contribution in [3.63, 3.8) is 0 Å². The first kappa shape index (κ1) is 11.1. The standard InChI is InChI=1S/C10H20NOP/c12-9-10-5-1-3-7-11(13)8-4-2-6-10/h9-10H,1-8,13H2. The van der Waals surface area contributed by atoms with Crippen molar-refractivity contribution in [1.82, 2.24) is 4.67 Å². The van der Waals surface area contributed by atoms with Crippen LogP contribution >= 0.6 is 9.39 Å². The normalized spacial score (nSPS) is 24.1. The van der Waals surface area contributed by atoms with Crippen LogP contribution < -0.4 is 0 Å². The minimum atomic E-state index is 0.344. The summed E-state index contributed by atoms with van der Waals surface area (Å²) in [6, 6.07) is 0. The molecule has 0 spiro atoms. The van der Waals surface area contributed by atoms with Crippen molar-refractivity contribution in [2.75, 3.05) is 13.1 Å². The van der Waals surface area contributed by atoms with Crippen LogP contribution in [0.5, 0.6) is 0 Å². The Morgan fingerprint density at radius 3 is 2.08 bits per heavy atom. The zero-order chi connectivity index (χ0) is 9.52. The van der Waals surface area contributed by atoms with Crippen LogP contribution in [0, 0.1) is 5.92 Å². The van der Waals surface area contributed by atoms with Gasteiger partial charge in [-0.25, -0.2) is 0 Å². The summed E-state index contributed by atoms with van der Waals surface area (Å²) in [4.78, 5) is 10.7. The van der Waals surface area contributed by atoms with Crippen molar-refractivity contribution in [2.45, 2.75) is 38.5 Å². The van der Waals surface area contributed by atoms with E-state index < -0.39 is 0 Å². The molecule has 2 nitrogen and oxygen atoms in total. The van der Waals surface area contributed by atoms with Gasteiger partial charge in [0.25, 0.3) is 0 Å². The minimum absolute atomic E-state index is 0.344. The predicted molar refractivity (Wildman–Crippen MR) is 58.5 cm³/mol. The van der Waals surface area contributed by atoms with Crippen LogP contribution in [0.3, 0.4) is 0 Å². The fourth-order valence-electron chi connectivity index (χ4n) is 1.84. The van der Waals surface area contributed by atoms with E-state index in [0.717, 1.165) is 32.2 Å². The molecule has 1 atom stereocenters. The minimum Gasteiger partial charge on any atom is -0.303 e. The monoisotopic (exact) mass is 201 g/mol. The number of hydrogen-bond donors (Lipinski definition) is 0. The number of carbonyl (C=O) groups is 1. The lowest BCUT2D eigenvalue weighted by atomic mass is 9.96. The molecular weight excluding hydrogens is 181 g/mol. The predicted octanol–water partition coefficient (Wildman–Crippen LogP) is 2.25. The molecule has 3 heteroatoms. The quantitative estimate of drug-likeness (QED) is 0.479. The molecule has 1 aliphatic heterocycles. The summed E-state index contributed by atoms with van der Waals surface area (Å²) >= 11 is 0. The van der Waals surface area contributed by atoms with Gasteiger partial charge in [0.1, 0.15) is 6.29 Å². The summed E-state index contributed by atoms with van der Waals surface area (Å²) < 4.78 is 2.32. The van der Waals surface area contributed by atoms with E-state index in [9.17, 15) is 4.79 Å². The van der Waals surface area contributed by atoms with Crippen LogP contribution in [0.25, 0.3) is 0 Å². The molecule has 1 rings (SSSR count). The lowest BCUT2D eigenvalue weighted by Gasteiger charge is -2.19. The fourth-order valence-corrected chi connectivity index (χ4v) is 2.20. The molecule has 1 saturated heterocycles. The van der Waals surface area contributed by atoms with Gasteiger partial charge < -0.3 is 4.79 Å². The molecular formula is C10H20NOP. The second-order valence-electron chi connectivity index (χ2n) is 3.92. The molecule has 1 unspecified atom stereocenters. The Kier molecular flexibility index (Phi) is 5.57. The van der Waals surface area contributed by atoms with Crippen LogP contribution in [-0.4, -0.2) is 24.0 Å². The first-order chi connectivity index (χ1) is 6.33. The topological polar surface area (TPSA) is 20.3 Å². The largest absolute Gasteiger partial charge is 0.303 e. The molecule has 1 aliphatic rings. The van der Waals surface area contributed by atoms with Crippen molar-refractivity contribution in [1.29, 1.82) is 0 Å². The van der Waals surface area contributed by atoms with Gasteiger partial charge in [-0.15, -0.1) is 0 Å². The smallest absolute Gasteiger partial charge is 0.123 e. The highest BCUT2D eigenvalue weighted by Crippen LogP contribution is 2.17. The number of carbonyl (C=O) groups excluding carboxylic acids is 1. The molecule has 13 heavy (non-hydrogen) atoms. The van der Waals surface area contributed by atoms with Gasteiger partial charge in [0.2, 0.25) is 0 Å². The SMILES string of the molecule is O=CC1CCCCN(P)CCCC1. The average Bonchev–Trinajstić information content (AvgIpc) is 2.16. The zero-order valence-corrected chi connectivity index (χ0v) is 9.40. The van der Waals surface area contributed by atoms with E-state index in [1.807, 2.05) is 0 Å². The van der Waals surface area contributed by atoms with Crippen LogP contribution in [0.1, 0.15) is 38.5 Å². The van der Waals surface area contributed by atoms with Crippen molar-refractivity contribution in [2.24, 2.45) is 5.92 Å². The van der Waals surface area contributed by atoms with Gasteiger partial charge in [-0.1, -0.05) is 22.2 Å². The second-order valence-corrected chi connectivity index (χ2v) is 4.65. The highest BCUT2D eigenvalue weighted by molar-refractivity contribution is 7.13. The lowest BCUT2D eigenvalue weighted by molar-refractivity contribution is -0.111. The molecule has 0 aromatic rings. The third-order valence-corrected chi connectivity index (χ3v) is 3.25. The average molecular weight is 201 g/mol. The summed E-state index contributed by atoms with van der Waals surface area (Å²) in [5, 5.41) is 0. The van der Waals surface area contributed by atoms with Gasteiger partial charge in [-0.2, -0.15) is 0 Å². The number of nitrogens with zero attached hydrogens (tertiary/aromatic N) is 1. The first-order valence-electron chi connectivity index (χ1n) is 5.28. The number of rotatable bonds is 1. The Morgan fingerprint density at radius 2 is 1.62 bits per heavy atom. The first-order valence-corrected chi connectivity index (χ1v) is 5.79. The Morgan fingerprint density at radius 1 is 1.08 bits per heavy atom. The summed E-state index contributed by atoms with van der Waals surface area (Å²) in [6.07, 6.45) is 8.22. The lowest BCUT2D eigenvalue weighted by Crippen LogP contribution is -2.16. The summed E-state index contributed by atoms with van der Waals surface area (Å²) in [5.74, 6) is 0.344. The molecule has 76 valence electrons. The van der Waals surface area contributed by atoms with Crippen molar-refractivity contribution in [3.8, 4) is 0 Å². The molecule has 0 radical (unpaired) electrons. The van der Waals surface area contributed by atoms with Crippen LogP contribution in [0.2, 0.25) is 0 Å². The summed E-state index contributed by atoms with van der Waals surface area (Å²) in [7, 11) is 2.79. The molecule has 0 N–H and O–H groups in total. The highest BCUT2D eigenvalue weighted by Gasteiger charge is 2.09. The Balaban J connectivity index is 2.27.